The van der Waals surface area contributed by atoms with Crippen molar-refractivity contribution in [2.75, 3.05) is 13.1 Å². The molecule has 0 saturated carbocycles. The summed E-state index contributed by atoms with van der Waals surface area (Å²) in [6, 6.07) is 0. The zero-order chi connectivity index (χ0) is 11.6. The molecule has 1 fully saturated rings. The van der Waals surface area contributed by atoms with E-state index in [1.807, 2.05) is 27.7 Å². The number of rotatable bonds is 0. The highest BCUT2D eigenvalue weighted by Gasteiger charge is 2.31. The normalized spacial score (nSPS) is 27.7. The van der Waals surface area contributed by atoms with Crippen LogP contribution in [0.3, 0.4) is 0 Å². The van der Waals surface area contributed by atoms with Crippen LogP contribution in [0.25, 0.3) is 0 Å². The number of hydrogen-bond acceptors (Lipinski definition) is 2. The first kappa shape index (κ1) is 12.3. The van der Waals surface area contributed by atoms with E-state index in [0.29, 0.717) is 13.0 Å². The molecular formula is C11H20FNO2. The molecule has 1 aliphatic rings. The molecule has 88 valence electrons. The number of ether oxygens (including phenoxy) is 1. The van der Waals surface area contributed by atoms with E-state index < -0.39 is 17.9 Å². The minimum atomic E-state index is -0.925. The van der Waals surface area contributed by atoms with Crippen molar-refractivity contribution >= 4 is 6.09 Å². The molecule has 1 amide bonds. The first-order valence-electron chi connectivity index (χ1n) is 5.41. The Morgan fingerprint density at radius 3 is 2.53 bits per heavy atom. The molecule has 3 nitrogen and oxygen atoms in total. The van der Waals surface area contributed by atoms with Gasteiger partial charge in [0.05, 0.1) is 6.54 Å². The standard InChI is InChI=1S/C11H20FNO2/c1-8-5-6-13(7-9(8)12)10(14)15-11(2,3)4/h8-9H,5-7H2,1-4H3/t8-,9-/m1/s1. The Labute approximate surface area is 90.6 Å². The van der Waals surface area contributed by atoms with Gasteiger partial charge < -0.3 is 9.64 Å². The molecule has 0 N–H and O–H groups in total. The summed E-state index contributed by atoms with van der Waals surface area (Å²) in [4.78, 5) is 13.1. The molecule has 0 spiro atoms. The van der Waals surface area contributed by atoms with Crippen LogP contribution >= 0.6 is 0 Å². The first-order chi connectivity index (χ1) is 6.79. The van der Waals surface area contributed by atoms with Gasteiger partial charge in [0.25, 0.3) is 0 Å². The highest BCUT2D eigenvalue weighted by molar-refractivity contribution is 5.68. The summed E-state index contributed by atoms with van der Waals surface area (Å²) >= 11 is 0. The van der Waals surface area contributed by atoms with Crippen LogP contribution in [0.15, 0.2) is 0 Å². The van der Waals surface area contributed by atoms with Gasteiger partial charge in [-0.15, -0.1) is 0 Å². The van der Waals surface area contributed by atoms with Gasteiger partial charge in [-0.2, -0.15) is 0 Å². The number of piperidine rings is 1. The largest absolute Gasteiger partial charge is 0.444 e. The third-order valence-corrected chi connectivity index (χ3v) is 2.52. The third kappa shape index (κ3) is 3.68. The molecule has 0 aromatic heterocycles. The molecule has 15 heavy (non-hydrogen) atoms. The zero-order valence-corrected chi connectivity index (χ0v) is 9.92. The lowest BCUT2D eigenvalue weighted by molar-refractivity contribution is 0.00709. The molecule has 4 heteroatoms. The topological polar surface area (TPSA) is 29.5 Å². The summed E-state index contributed by atoms with van der Waals surface area (Å²) < 4.78 is 18.6. The van der Waals surface area contributed by atoms with Gasteiger partial charge in [0.1, 0.15) is 11.8 Å². The molecule has 1 aliphatic heterocycles. The number of amides is 1. The van der Waals surface area contributed by atoms with E-state index in [1.54, 1.807) is 0 Å². The highest BCUT2D eigenvalue weighted by atomic mass is 19.1. The maximum atomic E-state index is 13.4. The second-order valence-corrected chi connectivity index (χ2v) is 5.21. The molecule has 0 unspecified atom stereocenters. The predicted molar refractivity (Wildman–Crippen MR) is 56.5 cm³/mol. The maximum Gasteiger partial charge on any atom is 0.410 e. The van der Waals surface area contributed by atoms with Crippen LogP contribution in [0, 0.1) is 5.92 Å². The van der Waals surface area contributed by atoms with Gasteiger partial charge in [0.2, 0.25) is 0 Å². The van der Waals surface area contributed by atoms with E-state index >= 15 is 0 Å². The Bertz CT molecular complexity index is 237. The van der Waals surface area contributed by atoms with Crippen molar-refractivity contribution in [1.29, 1.82) is 0 Å². The Morgan fingerprint density at radius 2 is 2.07 bits per heavy atom. The summed E-state index contributed by atoms with van der Waals surface area (Å²) in [7, 11) is 0. The molecule has 1 saturated heterocycles. The Morgan fingerprint density at radius 1 is 1.47 bits per heavy atom. The Hall–Kier alpha value is -0.800. The lowest BCUT2D eigenvalue weighted by Gasteiger charge is -2.34. The van der Waals surface area contributed by atoms with E-state index in [9.17, 15) is 9.18 Å². The van der Waals surface area contributed by atoms with E-state index in [1.165, 1.54) is 4.90 Å². The first-order valence-corrected chi connectivity index (χ1v) is 5.41. The fourth-order valence-electron chi connectivity index (χ4n) is 1.51. The van der Waals surface area contributed by atoms with Crippen molar-refractivity contribution in [3.05, 3.63) is 0 Å². The number of carbonyl (C=O) groups excluding carboxylic acids is 1. The van der Waals surface area contributed by atoms with Gasteiger partial charge in [-0.05, 0) is 33.1 Å². The molecule has 2 atom stereocenters. The smallest absolute Gasteiger partial charge is 0.410 e. The van der Waals surface area contributed by atoms with Gasteiger partial charge in [0, 0.05) is 6.54 Å². The third-order valence-electron chi connectivity index (χ3n) is 2.52. The minimum Gasteiger partial charge on any atom is -0.444 e. The van der Waals surface area contributed by atoms with E-state index in [4.69, 9.17) is 4.74 Å². The fourth-order valence-corrected chi connectivity index (χ4v) is 1.51. The SMILES string of the molecule is C[C@@H]1CCN(C(=O)OC(C)(C)C)C[C@H]1F. The molecule has 0 radical (unpaired) electrons. The molecule has 1 rings (SSSR count). The van der Waals surface area contributed by atoms with Crippen molar-refractivity contribution < 1.29 is 13.9 Å². The monoisotopic (exact) mass is 217 g/mol. The van der Waals surface area contributed by atoms with Crippen molar-refractivity contribution in [1.82, 2.24) is 4.90 Å². The fraction of sp³-hybridized carbons (Fsp3) is 0.909. The second-order valence-electron chi connectivity index (χ2n) is 5.21. The predicted octanol–water partition coefficient (Wildman–Crippen LogP) is 2.60. The van der Waals surface area contributed by atoms with Crippen LogP contribution < -0.4 is 0 Å². The average molecular weight is 217 g/mol. The van der Waals surface area contributed by atoms with Crippen molar-refractivity contribution in [3.8, 4) is 0 Å². The summed E-state index contributed by atoms with van der Waals surface area (Å²) in [5.74, 6) is 0.0451. The van der Waals surface area contributed by atoms with Crippen LogP contribution in [0.2, 0.25) is 0 Å². The van der Waals surface area contributed by atoms with Crippen LogP contribution in [0.4, 0.5) is 9.18 Å². The van der Waals surface area contributed by atoms with E-state index in [-0.39, 0.29) is 12.5 Å². The Kier molecular flexibility index (Phi) is 3.58. The molecule has 0 aromatic carbocycles. The van der Waals surface area contributed by atoms with Gasteiger partial charge in [-0.3, -0.25) is 0 Å². The Balaban J connectivity index is 2.48. The van der Waals surface area contributed by atoms with Crippen molar-refractivity contribution in [2.45, 2.75) is 45.9 Å². The van der Waals surface area contributed by atoms with Crippen LogP contribution in [0.1, 0.15) is 34.1 Å². The number of carbonyl (C=O) groups is 1. The lowest BCUT2D eigenvalue weighted by atomic mass is 9.98. The summed E-state index contributed by atoms with van der Waals surface area (Å²) in [5.41, 5.74) is -0.508. The lowest BCUT2D eigenvalue weighted by Crippen LogP contribution is -2.46. The van der Waals surface area contributed by atoms with Gasteiger partial charge in [-0.1, -0.05) is 6.92 Å². The summed E-state index contributed by atoms with van der Waals surface area (Å²) in [6.45, 7) is 8.06. The number of hydrogen-bond donors (Lipinski definition) is 0. The van der Waals surface area contributed by atoms with Crippen LogP contribution in [-0.4, -0.2) is 35.9 Å². The number of alkyl halides is 1. The molecular weight excluding hydrogens is 197 g/mol. The molecule has 0 aliphatic carbocycles. The van der Waals surface area contributed by atoms with E-state index in [0.717, 1.165) is 0 Å². The quantitative estimate of drug-likeness (QED) is 0.624. The van der Waals surface area contributed by atoms with Crippen molar-refractivity contribution in [3.63, 3.8) is 0 Å². The maximum absolute atomic E-state index is 13.4. The molecule has 0 aromatic rings. The van der Waals surface area contributed by atoms with Gasteiger partial charge in [-0.25, -0.2) is 9.18 Å². The number of likely N-dealkylation sites (tertiary alicyclic amines) is 1. The van der Waals surface area contributed by atoms with Crippen LogP contribution in [-0.2, 0) is 4.74 Å². The minimum absolute atomic E-state index is 0.0451. The van der Waals surface area contributed by atoms with Crippen molar-refractivity contribution in [2.24, 2.45) is 5.92 Å². The molecule has 1 heterocycles. The number of halogens is 1. The second kappa shape index (κ2) is 4.37. The number of nitrogens with zero attached hydrogens (tertiary/aromatic N) is 1. The summed E-state index contributed by atoms with van der Waals surface area (Å²) in [5, 5.41) is 0. The van der Waals surface area contributed by atoms with Crippen LogP contribution in [0.5, 0.6) is 0 Å². The molecule has 0 bridgehead atoms. The van der Waals surface area contributed by atoms with Gasteiger partial charge in [0.15, 0.2) is 0 Å². The summed E-state index contributed by atoms with van der Waals surface area (Å²) in [6.07, 6.45) is -0.622. The zero-order valence-electron chi connectivity index (χ0n) is 9.92. The van der Waals surface area contributed by atoms with E-state index in [2.05, 4.69) is 0 Å². The van der Waals surface area contributed by atoms with Gasteiger partial charge >= 0.3 is 6.09 Å². The average Bonchev–Trinajstić information content (AvgIpc) is 2.06. The highest BCUT2D eigenvalue weighted by Crippen LogP contribution is 2.21.